The molecule has 526 valence electrons. The van der Waals surface area contributed by atoms with Gasteiger partial charge in [0.05, 0.1) is 33.4 Å². The van der Waals surface area contributed by atoms with Crippen LogP contribution in [0.5, 0.6) is 0 Å². The second-order valence-electron chi connectivity index (χ2n) is 29.8. The summed E-state index contributed by atoms with van der Waals surface area (Å²) in [5.41, 5.74) is 37.3. The summed E-state index contributed by atoms with van der Waals surface area (Å²) in [4.78, 5) is 5.40. The van der Waals surface area contributed by atoms with Crippen molar-refractivity contribution in [2.45, 2.75) is 0 Å². The maximum atomic E-state index is 2.70. The first kappa shape index (κ1) is 65.3. The van der Waals surface area contributed by atoms with Gasteiger partial charge in [-0.05, 0) is 191 Å². The van der Waals surface area contributed by atoms with Crippen molar-refractivity contribution < 1.29 is 0 Å². The summed E-state index contributed by atoms with van der Waals surface area (Å²) < 4.78 is 4.89. The molecule has 20 aromatic rings. The molecule has 0 bridgehead atoms. The quantitative estimate of drug-likeness (QED) is 0.107. The molecule has 0 N–H and O–H groups in total. The molecular formula is C108H71BN4. The van der Waals surface area contributed by atoms with Crippen LogP contribution in [0.3, 0.4) is 0 Å². The summed E-state index contributed by atoms with van der Waals surface area (Å²) in [5, 5.41) is 4.83. The van der Waals surface area contributed by atoms with E-state index in [0.717, 1.165) is 157 Å². The largest absolute Gasteiger partial charge is 0.310 e. The first-order chi connectivity index (χ1) is 56.1. The SMILES string of the molecule is c1ccc(-c2cc(-c3ccccc3)c(N3c4ccc(-c5cccc6c5c5ccccc5n6-c5ccccc5)cc4B4c5cc(-c6cccc7c6c6ccccc6n7-c6ccccc6)ccc5N(c5c(-c6ccccc6)cc(-c6ccccc6)cc5-c5ccccc5)c5cc(-c6ccccc6)cc3c54)c(-c3ccccc3)c2)cc1. The zero-order chi connectivity index (χ0) is 74.5. The van der Waals surface area contributed by atoms with Gasteiger partial charge in [0.25, 0.3) is 6.71 Å². The Labute approximate surface area is 657 Å². The van der Waals surface area contributed by atoms with Crippen LogP contribution in [-0.4, -0.2) is 15.8 Å². The van der Waals surface area contributed by atoms with Crippen LogP contribution < -0.4 is 26.2 Å². The Kier molecular flexibility index (Phi) is 15.7. The monoisotopic (exact) mass is 1430 g/mol. The predicted octanol–water partition coefficient (Wildman–Crippen LogP) is 27.0. The minimum Gasteiger partial charge on any atom is -0.310 e. The molecule has 2 aliphatic heterocycles. The maximum Gasteiger partial charge on any atom is 0.252 e. The Morgan fingerprint density at radius 2 is 0.460 bits per heavy atom. The van der Waals surface area contributed by atoms with E-state index in [-0.39, 0.29) is 6.71 Å². The molecular weight excluding hydrogens is 1360 g/mol. The van der Waals surface area contributed by atoms with Crippen LogP contribution in [0.4, 0.5) is 34.1 Å². The minimum absolute atomic E-state index is 0.357. The van der Waals surface area contributed by atoms with Crippen molar-refractivity contribution in [3.05, 3.63) is 431 Å². The highest BCUT2D eigenvalue weighted by Gasteiger charge is 2.46. The number of rotatable bonds is 13. The van der Waals surface area contributed by atoms with E-state index in [0.29, 0.717) is 0 Å². The van der Waals surface area contributed by atoms with Crippen molar-refractivity contribution in [1.29, 1.82) is 0 Å². The van der Waals surface area contributed by atoms with Gasteiger partial charge in [-0.2, -0.15) is 0 Å². The molecule has 0 saturated carbocycles. The van der Waals surface area contributed by atoms with Crippen molar-refractivity contribution in [2.75, 3.05) is 9.80 Å². The zero-order valence-electron chi connectivity index (χ0n) is 61.9. The number of aromatic nitrogens is 2. The van der Waals surface area contributed by atoms with Crippen LogP contribution in [0.25, 0.3) is 155 Å². The summed E-state index contributed by atoms with van der Waals surface area (Å²) in [6.45, 7) is -0.357. The Bertz CT molecular complexity index is 6540. The molecule has 0 radical (unpaired) electrons. The minimum atomic E-state index is -0.357. The van der Waals surface area contributed by atoms with Crippen LogP contribution in [0.1, 0.15) is 0 Å². The molecule has 0 amide bonds. The first-order valence-electron chi connectivity index (χ1n) is 39.1. The average molecular weight is 1440 g/mol. The van der Waals surface area contributed by atoms with E-state index < -0.39 is 0 Å². The molecule has 0 fully saturated rings. The summed E-state index contributed by atoms with van der Waals surface area (Å²) in [6.07, 6.45) is 0. The molecule has 113 heavy (non-hydrogen) atoms. The topological polar surface area (TPSA) is 16.3 Å². The van der Waals surface area contributed by atoms with Crippen LogP contribution in [-0.2, 0) is 0 Å². The highest BCUT2D eigenvalue weighted by Crippen LogP contribution is 2.56. The second kappa shape index (κ2) is 27.1. The summed E-state index contributed by atoms with van der Waals surface area (Å²) in [7, 11) is 0. The zero-order valence-corrected chi connectivity index (χ0v) is 61.9. The van der Waals surface area contributed by atoms with E-state index in [4.69, 9.17) is 0 Å². The van der Waals surface area contributed by atoms with Gasteiger partial charge in [-0.1, -0.05) is 334 Å². The van der Waals surface area contributed by atoms with Gasteiger partial charge >= 0.3 is 0 Å². The third-order valence-corrected chi connectivity index (χ3v) is 23.4. The van der Waals surface area contributed by atoms with Crippen LogP contribution >= 0.6 is 0 Å². The van der Waals surface area contributed by atoms with Gasteiger partial charge < -0.3 is 18.9 Å². The molecule has 18 aromatic carbocycles. The molecule has 2 aliphatic rings. The van der Waals surface area contributed by atoms with Gasteiger partial charge in [0.1, 0.15) is 0 Å². The number of para-hydroxylation sites is 4. The fraction of sp³-hybridized carbons (Fsp3) is 0. The molecule has 0 atom stereocenters. The molecule has 0 unspecified atom stereocenters. The molecule has 0 aliphatic carbocycles. The number of anilines is 6. The highest BCUT2D eigenvalue weighted by atomic mass is 15.2. The first-order valence-corrected chi connectivity index (χ1v) is 39.1. The molecule has 22 rings (SSSR count). The lowest BCUT2D eigenvalue weighted by Crippen LogP contribution is -2.61. The molecule has 4 heterocycles. The predicted molar refractivity (Wildman–Crippen MR) is 478 cm³/mol. The number of fused-ring (bicyclic) bond motifs is 10. The normalized spacial score (nSPS) is 12.2. The Hall–Kier alpha value is -14.8. The van der Waals surface area contributed by atoms with E-state index >= 15 is 0 Å². The summed E-state index contributed by atoms with van der Waals surface area (Å²) in [6, 6.07) is 161. The third-order valence-electron chi connectivity index (χ3n) is 23.4. The lowest BCUT2D eigenvalue weighted by Gasteiger charge is -2.46. The van der Waals surface area contributed by atoms with Crippen LogP contribution in [0.2, 0.25) is 0 Å². The van der Waals surface area contributed by atoms with E-state index in [1.54, 1.807) is 0 Å². The Morgan fingerprint density at radius 3 is 0.796 bits per heavy atom. The van der Waals surface area contributed by atoms with Gasteiger partial charge in [0.2, 0.25) is 0 Å². The third kappa shape index (κ3) is 10.8. The van der Waals surface area contributed by atoms with Gasteiger partial charge in [-0.3, -0.25) is 0 Å². The molecule has 4 nitrogen and oxygen atoms in total. The van der Waals surface area contributed by atoms with E-state index in [9.17, 15) is 0 Å². The lowest BCUT2D eigenvalue weighted by molar-refractivity contribution is 1.18. The number of hydrogen-bond acceptors (Lipinski definition) is 2. The van der Waals surface area contributed by atoms with Crippen molar-refractivity contribution in [1.82, 2.24) is 9.13 Å². The van der Waals surface area contributed by atoms with E-state index in [1.807, 2.05) is 0 Å². The van der Waals surface area contributed by atoms with Crippen LogP contribution in [0.15, 0.2) is 431 Å². The summed E-state index contributed by atoms with van der Waals surface area (Å²) in [5.74, 6) is 0. The van der Waals surface area contributed by atoms with Crippen molar-refractivity contribution in [3.8, 4) is 112 Å². The van der Waals surface area contributed by atoms with Gasteiger partial charge in [-0.15, -0.1) is 0 Å². The second-order valence-corrected chi connectivity index (χ2v) is 29.8. The molecule has 0 spiro atoms. The van der Waals surface area contributed by atoms with E-state index in [2.05, 4.69) is 450 Å². The smallest absolute Gasteiger partial charge is 0.252 e. The van der Waals surface area contributed by atoms with Crippen molar-refractivity contribution >= 4 is 101 Å². The molecule has 5 heteroatoms. The fourth-order valence-corrected chi connectivity index (χ4v) is 18.5. The highest BCUT2D eigenvalue weighted by molar-refractivity contribution is 7.00. The van der Waals surface area contributed by atoms with Gasteiger partial charge in [-0.25, -0.2) is 0 Å². The summed E-state index contributed by atoms with van der Waals surface area (Å²) >= 11 is 0. The van der Waals surface area contributed by atoms with Crippen molar-refractivity contribution in [3.63, 3.8) is 0 Å². The fourth-order valence-electron chi connectivity index (χ4n) is 18.5. The Morgan fingerprint density at radius 1 is 0.177 bits per heavy atom. The van der Waals surface area contributed by atoms with Gasteiger partial charge in [0, 0.05) is 77.9 Å². The van der Waals surface area contributed by atoms with Gasteiger partial charge in [0.15, 0.2) is 0 Å². The molecule has 0 saturated heterocycles. The standard InChI is InChI=1S/C108H71BN4/c1-10-34-72(35-11-1)81-64-90(75-40-16-4-17-41-75)107(91(65-81)76-42-18-5-19-43-76)112-98-62-60-79(86-54-32-58-100-104(86)88-52-28-30-56-96(88)110(100)84-48-24-8-25-49-84)68-94(98)109-95-69-80(87-55-33-59-101-105(87)89-53-29-31-57-97(89)111(101)85-50-26-9-27-51-85)61-63-99(95)113(103-71-83(70-102(112)106(103)109)74-38-14-3-15-39-74)108-92(77-44-20-6-21-45-77)66-82(73-36-12-2-13-37-73)67-93(108)78-46-22-7-23-47-78/h1-71H. The Balaban J connectivity index is 0.921. The van der Waals surface area contributed by atoms with Crippen LogP contribution in [0, 0.1) is 0 Å². The number of nitrogens with zero attached hydrogens (tertiary/aromatic N) is 4. The van der Waals surface area contributed by atoms with E-state index in [1.165, 1.54) is 49.1 Å². The average Bonchev–Trinajstić information content (AvgIpc) is 1.30. The maximum absolute atomic E-state index is 2.70. The number of benzene rings is 18. The number of hydrogen-bond donors (Lipinski definition) is 0. The van der Waals surface area contributed by atoms with Crippen molar-refractivity contribution in [2.24, 2.45) is 0 Å². The molecule has 2 aromatic heterocycles. The lowest BCUT2D eigenvalue weighted by atomic mass is 9.33.